The van der Waals surface area contributed by atoms with Gasteiger partial charge in [0.25, 0.3) is 0 Å². The van der Waals surface area contributed by atoms with Crippen molar-refractivity contribution in [1.82, 2.24) is 24.9 Å². The minimum Gasteiger partial charge on any atom is -0.312 e. The van der Waals surface area contributed by atoms with Crippen LogP contribution in [0.4, 0.5) is 0 Å². The van der Waals surface area contributed by atoms with Crippen LogP contribution < -0.4 is 5.32 Å². The average Bonchev–Trinajstić information content (AvgIpc) is 3.32. The van der Waals surface area contributed by atoms with Crippen molar-refractivity contribution >= 4 is 0 Å². The number of hydrogen-bond acceptors (Lipinski definition) is 3. The van der Waals surface area contributed by atoms with Crippen molar-refractivity contribution < 1.29 is 0 Å². The molecule has 0 spiro atoms. The third-order valence-electron chi connectivity index (χ3n) is 5.04. The van der Waals surface area contributed by atoms with E-state index in [9.17, 15) is 0 Å². The smallest absolute Gasteiger partial charge is 0.0972 e. The normalized spacial score (nSPS) is 11.1. The first kappa shape index (κ1) is 19.2. The van der Waals surface area contributed by atoms with Gasteiger partial charge in [0.15, 0.2) is 0 Å². The van der Waals surface area contributed by atoms with Crippen molar-refractivity contribution in [3.63, 3.8) is 0 Å². The molecular formula is C24H27N5. The predicted octanol–water partition coefficient (Wildman–Crippen LogP) is 4.22. The summed E-state index contributed by atoms with van der Waals surface area (Å²) < 4.78 is 3.83. The maximum atomic E-state index is 4.93. The fraction of sp³-hybridized carbons (Fsp3) is 0.250. The average molecular weight is 386 g/mol. The molecule has 148 valence electrons. The molecule has 2 heterocycles. The highest BCUT2D eigenvalue weighted by Crippen LogP contribution is 2.24. The monoisotopic (exact) mass is 385 g/mol. The fourth-order valence-corrected chi connectivity index (χ4v) is 3.46. The van der Waals surface area contributed by atoms with Crippen molar-refractivity contribution in [2.75, 3.05) is 6.54 Å². The van der Waals surface area contributed by atoms with E-state index in [0.29, 0.717) is 0 Å². The Labute approximate surface area is 172 Å². The van der Waals surface area contributed by atoms with Crippen molar-refractivity contribution in [3.05, 3.63) is 89.4 Å². The van der Waals surface area contributed by atoms with Crippen molar-refractivity contribution in [2.45, 2.75) is 26.8 Å². The van der Waals surface area contributed by atoms with Crippen LogP contribution in [0.3, 0.4) is 0 Å². The van der Waals surface area contributed by atoms with Crippen LogP contribution in [-0.4, -0.2) is 26.1 Å². The van der Waals surface area contributed by atoms with Gasteiger partial charge in [-0.15, -0.1) is 0 Å². The maximum Gasteiger partial charge on any atom is 0.0972 e. The summed E-state index contributed by atoms with van der Waals surface area (Å²) in [5.74, 6) is 0. The third-order valence-corrected chi connectivity index (χ3v) is 5.04. The van der Waals surface area contributed by atoms with E-state index in [0.717, 1.165) is 36.5 Å². The van der Waals surface area contributed by atoms with Gasteiger partial charge in [0, 0.05) is 37.1 Å². The molecule has 5 nitrogen and oxygen atoms in total. The van der Waals surface area contributed by atoms with E-state index in [4.69, 9.17) is 5.10 Å². The molecule has 0 atom stereocenters. The summed E-state index contributed by atoms with van der Waals surface area (Å²) in [5, 5.41) is 12.7. The Morgan fingerprint density at radius 3 is 2.52 bits per heavy atom. The molecule has 4 aromatic rings. The first-order valence-corrected chi connectivity index (χ1v) is 9.99. The fourth-order valence-electron chi connectivity index (χ4n) is 3.46. The molecule has 0 saturated heterocycles. The van der Waals surface area contributed by atoms with Gasteiger partial charge in [0.2, 0.25) is 0 Å². The second kappa shape index (κ2) is 8.45. The number of hydrogen-bond donors (Lipinski definition) is 1. The van der Waals surface area contributed by atoms with Crippen LogP contribution in [-0.2, 0) is 20.0 Å². The number of rotatable bonds is 7. The van der Waals surface area contributed by atoms with Gasteiger partial charge in [-0.1, -0.05) is 41.5 Å². The lowest BCUT2D eigenvalue weighted by molar-refractivity contribution is 0.686. The predicted molar refractivity (Wildman–Crippen MR) is 117 cm³/mol. The molecule has 1 N–H and O–H groups in total. The van der Waals surface area contributed by atoms with Crippen LogP contribution in [0.25, 0.3) is 16.9 Å². The van der Waals surface area contributed by atoms with Gasteiger partial charge in [-0.2, -0.15) is 10.2 Å². The molecule has 0 aliphatic rings. The quantitative estimate of drug-likeness (QED) is 0.485. The number of nitrogens with one attached hydrogen (secondary N) is 1. The highest BCUT2D eigenvalue weighted by Gasteiger charge is 2.12. The second-order valence-corrected chi connectivity index (χ2v) is 7.60. The Hall–Kier alpha value is -3.18. The molecule has 5 heteroatoms. The molecule has 0 saturated carbocycles. The summed E-state index contributed by atoms with van der Waals surface area (Å²) in [6, 6.07) is 17.0. The van der Waals surface area contributed by atoms with Gasteiger partial charge in [0.1, 0.15) is 0 Å². The van der Waals surface area contributed by atoms with E-state index >= 15 is 0 Å². The summed E-state index contributed by atoms with van der Waals surface area (Å²) >= 11 is 0. The molecular weight excluding hydrogens is 358 g/mol. The number of aryl methyl sites for hydroxylation is 3. The largest absolute Gasteiger partial charge is 0.312 e. The SMILES string of the molecule is Cc1ccc(-n2cc(CNCCc3cnn(C)c3)c(-c3cccc(C)c3)n2)cc1. The van der Waals surface area contributed by atoms with Crippen LogP contribution in [0.15, 0.2) is 67.1 Å². The Morgan fingerprint density at radius 1 is 0.966 bits per heavy atom. The maximum absolute atomic E-state index is 4.93. The molecule has 2 aromatic carbocycles. The van der Waals surface area contributed by atoms with Gasteiger partial charge in [-0.05, 0) is 50.6 Å². The van der Waals surface area contributed by atoms with E-state index in [2.05, 4.69) is 85.2 Å². The Morgan fingerprint density at radius 2 is 1.79 bits per heavy atom. The lowest BCUT2D eigenvalue weighted by atomic mass is 10.1. The summed E-state index contributed by atoms with van der Waals surface area (Å²) in [4.78, 5) is 0. The van der Waals surface area contributed by atoms with Crippen LogP contribution >= 0.6 is 0 Å². The van der Waals surface area contributed by atoms with E-state index < -0.39 is 0 Å². The molecule has 0 amide bonds. The van der Waals surface area contributed by atoms with Crippen LogP contribution in [0, 0.1) is 13.8 Å². The Kier molecular flexibility index (Phi) is 5.58. The highest BCUT2D eigenvalue weighted by molar-refractivity contribution is 5.64. The molecule has 29 heavy (non-hydrogen) atoms. The van der Waals surface area contributed by atoms with E-state index in [1.54, 1.807) is 0 Å². The van der Waals surface area contributed by atoms with Gasteiger partial charge < -0.3 is 5.32 Å². The Bertz CT molecular complexity index is 1090. The molecule has 0 radical (unpaired) electrons. The van der Waals surface area contributed by atoms with E-state index in [1.807, 2.05) is 22.6 Å². The zero-order valence-corrected chi connectivity index (χ0v) is 17.3. The first-order chi connectivity index (χ1) is 14.1. The summed E-state index contributed by atoms with van der Waals surface area (Å²) in [5.41, 5.74) is 8.19. The van der Waals surface area contributed by atoms with Gasteiger partial charge in [-0.25, -0.2) is 4.68 Å². The van der Waals surface area contributed by atoms with Crippen molar-refractivity contribution in [1.29, 1.82) is 0 Å². The molecule has 0 unspecified atom stereocenters. The summed E-state index contributed by atoms with van der Waals surface area (Å²) in [7, 11) is 1.95. The molecule has 2 aromatic heterocycles. The highest BCUT2D eigenvalue weighted by atomic mass is 15.3. The molecule has 4 rings (SSSR count). The molecule has 0 aliphatic heterocycles. The zero-order chi connectivity index (χ0) is 20.2. The topological polar surface area (TPSA) is 47.7 Å². The number of benzene rings is 2. The Balaban J connectivity index is 1.55. The second-order valence-electron chi connectivity index (χ2n) is 7.60. The molecule has 0 bridgehead atoms. The first-order valence-electron chi connectivity index (χ1n) is 9.99. The number of aromatic nitrogens is 4. The van der Waals surface area contributed by atoms with Gasteiger partial charge in [0.05, 0.1) is 17.6 Å². The lowest BCUT2D eigenvalue weighted by Crippen LogP contribution is -2.16. The van der Waals surface area contributed by atoms with Crippen LogP contribution in [0.2, 0.25) is 0 Å². The number of nitrogens with zero attached hydrogens (tertiary/aromatic N) is 4. The zero-order valence-electron chi connectivity index (χ0n) is 17.3. The van der Waals surface area contributed by atoms with Gasteiger partial charge in [-0.3, -0.25) is 4.68 Å². The van der Waals surface area contributed by atoms with E-state index in [-0.39, 0.29) is 0 Å². The minimum atomic E-state index is 0.773. The lowest BCUT2D eigenvalue weighted by Gasteiger charge is -2.05. The standard InChI is InChI=1S/C24H27N5/c1-18-7-9-23(10-8-18)29-17-22(15-25-12-11-20-14-26-28(3)16-20)24(27-29)21-6-4-5-19(2)13-21/h4-10,13-14,16-17,25H,11-12,15H2,1-3H3. The minimum absolute atomic E-state index is 0.773. The van der Waals surface area contributed by atoms with Crippen LogP contribution in [0.5, 0.6) is 0 Å². The molecule has 0 aliphatic carbocycles. The van der Waals surface area contributed by atoms with Crippen LogP contribution in [0.1, 0.15) is 22.3 Å². The van der Waals surface area contributed by atoms with Crippen molar-refractivity contribution in [3.8, 4) is 16.9 Å². The summed E-state index contributed by atoms with van der Waals surface area (Å²) in [6.07, 6.45) is 7.09. The van der Waals surface area contributed by atoms with Crippen molar-refractivity contribution in [2.24, 2.45) is 7.05 Å². The third kappa shape index (κ3) is 4.63. The van der Waals surface area contributed by atoms with E-state index in [1.165, 1.54) is 22.3 Å². The van der Waals surface area contributed by atoms with Gasteiger partial charge >= 0.3 is 0 Å². The molecule has 0 fully saturated rings. The summed E-state index contributed by atoms with van der Waals surface area (Å²) in [6.45, 7) is 5.89.